The Bertz CT molecular complexity index is 1260. The first-order valence-corrected chi connectivity index (χ1v) is 13.4. The highest BCUT2D eigenvalue weighted by atomic mass is 32.2. The standard InChI is InChI=1S/C22H32N6O3S.C2HF3O2/c1-17-25-20(16-27(17)3)32(30,31)28(4)14-5-6-21(29)26(2)15-11-18-7-9-19(10-8-18)22-23-12-13-24-22;3-2(4,5)1(6)7/h7-10,16H,5-6,11-15H2,1-4H3,(H,23,24);(H,6,7). The molecule has 39 heavy (non-hydrogen) atoms. The van der Waals surface area contributed by atoms with Gasteiger partial charge in [-0.05, 0) is 25.3 Å². The molecule has 2 heterocycles. The van der Waals surface area contributed by atoms with Crippen molar-refractivity contribution in [3.05, 3.63) is 47.4 Å². The van der Waals surface area contributed by atoms with Gasteiger partial charge in [0.15, 0.2) is 5.03 Å². The molecule has 0 aliphatic carbocycles. The maximum Gasteiger partial charge on any atom is 0.490 e. The van der Waals surface area contributed by atoms with Gasteiger partial charge in [-0.25, -0.2) is 18.2 Å². The van der Waals surface area contributed by atoms with Crippen LogP contribution >= 0.6 is 0 Å². The van der Waals surface area contributed by atoms with Crippen molar-refractivity contribution in [3.63, 3.8) is 0 Å². The van der Waals surface area contributed by atoms with Gasteiger partial charge in [-0.1, -0.05) is 24.3 Å². The predicted molar refractivity (Wildman–Crippen MR) is 138 cm³/mol. The van der Waals surface area contributed by atoms with E-state index in [2.05, 4.69) is 27.4 Å². The Morgan fingerprint density at radius 2 is 1.77 bits per heavy atom. The molecule has 3 rings (SSSR count). The molecule has 0 saturated carbocycles. The lowest BCUT2D eigenvalue weighted by atomic mass is 10.1. The van der Waals surface area contributed by atoms with E-state index in [1.54, 1.807) is 30.5 Å². The first-order valence-electron chi connectivity index (χ1n) is 12.0. The lowest BCUT2D eigenvalue weighted by molar-refractivity contribution is -0.192. The van der Waals surface area contributed by atoms with E-state index in [4.69, 9.17) is 9.90 Å². The minimum absolute atomic E-state index is 0.00519. The quantitative estimate of drug-likeness (QED) is 0.442. The number of nitrogens with one attached hydrogen (secondary N) is 1. The van der Waals surface area contributed by atoms with Gasteiger partial charge in [-0.2, -0.15) is 17.5 Å². The summed E-state index contributed by atoms with van der Waals surface area (Å²) < 4.78 is 59.9. The van der Waals surface area contributed by atoms with Gasteiger partial charge in [0.2, 0.25) is 5.91 Å². The van der Waals surface area contributed by atoms with Crippen LogP contribution in [0.15, 0.2) is 40.5 Å². The number of carboxylic acids is 1. The van der Waals surface area contributed by atoms with E-state index in [1.165, 1.54) is 17.5 Å². The molecule has 1 aliphatic rings. The van der Waals surface area contributed by atoms with Crippen LogP contribution in [0.2, 0.25) is 0 Å². The van der Waals surface area contributed by atoms with Gasteiger partial charge in [0, 0.05) is 59.0 Å². The van der Waals surface area contributed by atoms with Crippen LogP contribution in [-0.2, 0) is 33.1 Å². The topological polar surface area (TPSA) is 137 Å². The third kappa shape index (κ3) is 9.35. The number of carboxylic acid groups (broad SMARTS) is 1. The third-order valence-corrected chi connectivity index (χ3v) is 7.66. The van der Waals surface area contributed by atoms with E-state index in [9.17, 15) is 26.4 Å². The van der Waals surface area contributed by atoms with Crippen LogP contribution in [0.4, 0.5) is 13.2 Å². The molecule has 1 aliphatic heterocycles. The molecule has 2 aromatic rings. The van der Waals surface area contributed by atoms with Crippen molar-refractivity contribution in [3.8, 4) is 0 Å². The average molecular weight is 575 g/mol. The SMILES string of the molecule is Cc1nc(S(=O)(=O)N(C)CCCC(=O)N(C)CCc2ccc(C3=NCCN3)cc2)cn1C.O=C(O)C(F)(F)F. The van der Waals surface area contributed by atoms with E-state index in [0.29, 0.717) is 25.2 Å². The van der Waals surface area contributed by atoms with E-state index >= 15 is 0 Å². The number of halogens is 3. The Hall–Kier alpha value is -3.46. The van der Waals surface area contributed by atoms with Crippen molar-refractivity contribution >= 4 is 27.7 Å². The zero-order chi connectivity index (χ0) is 29.4. The molecule has 1 amide bonds. The lowest BCUT2D eigenvalue weighted by Gasteiger charge is -2.19. The zero-order valence-corrected chi connectivity index (χ0v) is 23.0. The number of alkyl halides is 3. The van der Waals surface area contributed by atoms with Gasteiger partial charge >= 0.3 is 12.1 Å². The summed E-state index contributed by atoms with van der Waals surface area (Å²) in [6.07, 6.45) is -2.07. The zero-order valence-electron chi connectivity index (χ0n) is 22.2. The first-order chi connectivity index (χ1) is 18.1. The van der Waals surface area contributed by atoms with E-state index in [0.717, 1.165) is 36.5 Å². The second-order valence-electron chi connectivity index (χ2n) is 8.89. The number of aryl methyl sites for hydroxylation is 2. The number of amides is 1. The summed E-state index contributed by atoms with van der Waals surface area (Å²) in [5.41, 5.74) is 2.24. The van der Waals surface area contributed by atoms with Gasteiger partial charge < -0.3 is 19.9 Å². The van der Waals surface area contributed by atoms with Crippen LogP contribution in [0.5, 0.6) is 0 Å². The predicted octanol–water partition coefficient (Wildman–Crippen LogP) is 1.81. The van der Waals surface area contributed by atoms with Gasteiger partial charge in [0.05, 0.1) is 6.54 Å². The fourth-order valence-corrected chi connectivity index (χ4v) is 4.64. The van der Waals surface area contributed by atoms with Crippen LogP contribution < -0.4 is 5.32 Å². The second-order valence-corrected chi connectivity index (χ2v) is 10.9. The van der Waals surface area contributed by atoms with Crippen molar-refractivity contribution < 1.29 is 36.3 Å². The number of likely N-dealkylation sites (N-methyl/N-ethyl adjacent to an activating group) is 1. The molecule has 15 heteroatoms. The maximum atomic E-state index is 12.6. The number of nitrogens with zero attached hydrogens (tertiary/aromatic N) is 5. The summed E-state index contributed by atoms with van der Waals surface area (Å²) in [5, 5.41) is 10.4. The monoisotopic (exact) mass is 574 g/mol. The number of imidazole rings is 1. The lowest BCUT2D eigenvalue weighted by Crippen LogP contribution is -2.31. The van der Waals surface area contributed by atoms with Gasteiger partial charge in [-0.15, -0.1) is 0 Å². The molecular weight excluding hydrogens is 541 g/mol. The fraction of sp³-hybridized carbons (Fsp3) is 0.500. The number of carbonyl (C=O) groups excluding carboxylic acids is 1. The summed E-state index contributed by atoms with van der Waals surface area (Å²) >= 11 is 0. The van der Waals surface area contributed by atoms with Crippen molar-refractivity contribution in [2.75, 3.05) is 40.3 Å². The second kappa shape index (κ2) is 13.6. The molecule has 0 fully saturated rings. The molecule has 216 valence electrons. The number of benzene rings is 1. The maximum absolute atomic E-state index is 12.6. The van der Waals surface area contributed by atoms with Crippen molar-refractivity contribution in [2.24, 2.45) is 12.0 Å². The minimum Gasteiger partial charge on any atom is -0.475 e. The highest BCUT2D eigenvalue weighted by Crippen LogP contribution is 2.15. The van der Waals surface area contributed by atoms with Gasteiger partial charge in [-0.3, -0.25) is 9.79 Å². The Balaban J connectivity index is 0.000000673. The minimum atomic E-state index is -5.08. The number of amidine groups is 1. The van der Waals surface area contributed by atoms with E-state index in [1.807, 2.05) is 12.1 Å². The smallest absolute Gasteiger partial charge is 0.475 e. The summed E-state index contributed by atoms with van der Waals surface area (Å²) in [5.74, 6) is -1.18. The van der Waals surface area contributed by atoms with Crippen LogP contribution in [-0.4, -0.2) is 96.4 Å². The summed E-state index contributed by atoms with van der Waals surface area (Å²) in [6.45, 7) is 4.32. The molecule has 11 nitrogen and oxygen atoms in total. The Morgan fingerprint density at radius 3 is 2.26 bits per heavy atom. The molecular formula is C24H33F3N6O5S. The highest BCUT2D eigenvalue weighted by molar-refractivity contribution is 7.89. The fourth-order valence-electron chi connectivity index (χ4n) is 3.42. The van der Waals surface area contributed by atoms with Crippen molar-refractivity contribution in [1.29, 1.82) is 0 Å². The van der Waals surface area contributed by atoms with Gasteiger partial charge in [0.25, 0.3) is 10.0 Å². The van der Waals surface area contributed by atoms with Crippen molar-refractivity contribution in [1.82, 2.24) is 24.1 Å². The number of aliphatic imine (C=N–C) groups is 1. The van der Waals surface area contributed by atoms with Crippen LogP contribution in [0.1, 0.15) is 29.8 Å². The molecule has 0 atom stereocenters. The number of aliphatic carboxylic acids is 1. The Labute approximate surface area is 225 Å². The average Bonchev–Trinajstić information content (AvgIpc) is 3.53. The van der Waals surface area contributed by atoms with Crippen molar-refractivity contribution in [2.45, 2.75) is 37.4 Å². The normalized spacial score (nSPS) is 13.4. The molecule has 0 radical (unpaired) electrons. The molecule has 0 unspecified atom stereocenters. The largest absolute Gasteiger partial charge is 0.490 e. The Morgan fingerprint density at radius 1 is 1.15 bits per heavy atom. The Kier molecular flexibility index (Phi) is 11.0. The molecule has 0 saturated heterocycles. The highest BCUT2D eigenvalue weighted by Gasteiger charge is 2.38. The summed E-state index contributed by atoms with van der Waals surface area (Å²) in [7, 11) is 1.40. The number of rotatable bonds is 10. The van der Waals surface area contributed by atoms with E-state index in [-0.39, 0.29) is 17.5 Å². The summed E-state index contributed by atoms with van der Waals surface area (Å²) in [4.78, 5) is 31.6. The number of carbonyl (C=O) groups is 2. The third-order valence-electron chi connectivity index (χ3n) is 5.93. The number of aromatic nitrogens is 2. The van der Waals surface area contributed by atoms with E-state index < -0.39 is 22.2 Å². The van der Waals surface area contributed by atoms with Gasteiger partial charge in [0.1, 0.15) is 11.7 Å². The molecule has 2 N–H and O–H groups in total. The molecule has 1 aromatic carbocycles. The molecule has 0 bridgehead atoms. The molecule has 0 spiro atoms. The number of hydrogen-bond acceptors (Lipinski definition) is 7. The van der Waals surface area contributed by atoms with Crippen LogP contribution in [0.25, 0.3) is 0 Å². The first kappa shape index (κ1) is 31.8. The van der Waals surface area contributed by atoms with Crippen LogP contribution in [0, 0.1) is 6.92 Å². The number of hydrogen-bond donors (Lipinski definition) is 2. The summed E-state index contributed by atoms with van der Waals surface area (Å²) in [6, 6.07) is 8.23. The molecule has 1 aromatic heterocycles. The van der Waals surface area contributed by atoms with Crippen LogP contribution in [0.3, 0.4) is 0 Å². The number of sulfonamides is 1.